The lowest BCUT2D eigenvalue weighted by Crippen LogP contribution is -2.48. The molecular formula is C19H28N2O2S. The third-order valence-corrected chi connectivity index (χ3v) is 6.14. The van der Waals surface area contributed by atoms with Gasteiger partial charge in [0.15, 0.2) is 0 Å². The summed E-state index contributed by atoms with van der Waals surface area (Å²) in [5.74, 6) is 2.25. The van der Waals surface area contributed by atoms with Gasteiger partial charge < -0.3 is 10.0 Å². The van der Waals surface area contributed by atoms with Gasteiger partial charge in [0, 0.05) is 38.2 Å². The molecule has 1 atom stereocenters. The summed E-state index contributed by atoms with van der Waals surface area (Å²) in [6, 6.07) is 9.84. The summed E-state index contributed by atoms with van der Waals surface area (Å²) in [5, 5.41) is 10.7. The highest BCUT2D eigenvalue weighted by molar-refractivity contribution is 7.99. The van der Waals surface area contributed by atoms with Crippen molar-refractivity contribution in [2.75, 3.05) is 38.2 Å². The predicted octanol–water partition coefficient (Wildman–Crippen LogP) is 2.54. The van der Waals surface area contributed by atoms with Gasteiger partial charge in [-0.25, -0.2) is 0 Å². The molecule has 1 unspecified atom stereocenters. The molecule has 1 aliphatic carbocycles. The fraction of sp³-hybridized carbons (Fsp3) is 0.632. The number of aliphatic hydroxyl groups is 1. The molecule has 3 rings (SSSR count). The van der Waals surface area contributed by atoms with E-state index in [0.717, 1.165) is 55.8 Å². The predicted molar refractivity (Wildman–Crippen MR) is 99.1 cm³/mol. The van der Waals surface area contributed by atoms with Gasteiger partial charge in [-0.2, -0.15) is 11.8 Å². The van der Waals surface area contributed by atoms with Crippen LogP contribution in [0.1, 0.15) is 37.3 Å². The largest absolute Gasteiger partial charge is 0.388 e. The van der Waals surface area contributed by atoms with E-state index in [-0.39, 0.29) is 11.9 Å². The molecule has 1 amide bonds. The van der Waals surface area contributed by atoms with Crippen molar-refractivity contribution >= 4 is 17.7 Å². The van der Waals surface area contributed by atoms with E-state index in [0.29, 0.717) is 6.54 Å². The standard InChI is InChI=1S/C19H28N2O2S/c1-20(15-19(23)9-5-6-10-19)18(22)17(16-7-3-2-4-8-16)21-11-13-24-14-12-21/h2-4,7-8,17,23H,5-6,9-15H2,1H3. The van der Waals surface area contributed by atoms with E-state index in [9.17, 15) is 9.90 Å². The minimum atomic E-state index is -0.691. The highest BCUT2D eigenvalue weighted by Gasteiger charge is 2.37. The lowest BCUT2D eigenvalue weighted by atomic mass is 9.99. The molecule has 2 aliphatic rings. The maximum absolute atomic E-state index is 13.2. The molecule has 2 fully saturated rings. The van der Waals surface area contributed by atoms with Gasteiger partial charge in [-0.1, -0.05) is 43.2 Å². The van der Waals surface area contributed by atoms with Crippen LogP contribution in [-0.2, 0) is 4.79 Å². The Balaban J connectivity index is 1.77. The average molecular weight is 349 g/mol. The average Bonchev–Trinajstić information content (AvgIpc) is 3.03. The van der Waals surface area contributed by atoms with Gasteiger partial charge >= 0.3 is 0 Å². The molecule has 1 aromatic rings. The second-order valence-corrected chi connectivity index (χ2v) is 8.31. The van der Waals surface area contributed by atoms with Crippen LogP contribution in [0.25, 0.3) is 0 Å². The van der Waals surface area contributed by atoms with Crippen molar-refractivity contribution in [2.45, 2.75) is 37.3 Å². The van der Waals surface area contributed by atoms with Crippen LogP contribution in [0.2, 0.25) is 0 Å². The molecule has 1 N–H and O–H groups in total. The zero-order valence-electron chi connectivity index (χ0n) is 14.5. The molecule has 0 radical (unpaired) electrons. The molecule has 5 heteroatoms. The second-order valence-electron chi connectivity index (χ2n) is 7.09. The monoisotopic (exact) mass is 348 g/mol. The summed E-state index contributed by atoms with van der Waals surface area (Å²) in [6.45, 7) is 2.32. The lowest BCUT2D eigenvalue weighted by Gasteiger charge is -2.37. The van der Waals surface area contributed by atoms with Gasteiger partial charge in [-0.3, -0.25) is 9.69 Å². The van der Waals surface area contributed by atoms with Crippen LogP contribution in [0.4, 0.5) is 0 Å². The highest BCUT2D eigenvalue weighted by Crippen LogP contribution is 2.32. The first-order chi connectivity index (χ1) is 11.6. The fourth-order valence-corrected chi connectivity index (χ4v) is 4.83. The van der Waals surface area contributed by atoms with E-state index in [1.54, 1.807) is 4.90 Å². The van der Waals surface area contributed by atoms with E-state index in [1.807, 2.05) is 49.1 Å². The first kappa shape index (κ1) is 17.8. The normalized spacial score (nSPS) is 22.2. The minimum absolute atomic E-state index is 0.105. The Morgan fingerprint density at radius 3 is 2.50 bits per heavy atom. The quantitative estimate of drug-likeness (QED) is 0.888. The zero-order valence-corrected chi connectivity index (χ0v) is 15.3. The van der Waals surface area contributed by atoms with Gasteiger partial charge in [0.1, 0.15) is 6.04 Å². The maximum atomic E-state index is 13.2. The summed E-state index contributed by atoms with van der Waals surface area (Å²) >= 11 is 1.95. The Bertz CT molecular complexity index is 540. The molecule has 1 saturated heterocycles. The molecule has 1 saturated carbocycles. The molecular weight excluding hydrogens is 320 g/mol. The number of hydrogen-bond donors (Lipinski definition) is 1. The van der Waals surface area contributed by atoms with Crippen molar-refractivity contribution < 1.29 is 9.90 Å². The van der Waals surface area contributed by atoms with Crippen molar-refractivity contribution in [1.82, 2.24) is 9.80 Å². The van der Waals surface area contributed by atoms with Crippen LogP contribution in [0.3, 0.4) is 0 Å². The van der Waals surface area contributed by atoms with Crippen LogP contribution >= 0.6 is 11.8 Å². The Kier molecular flexibility index (Phi) is 5.85. The summed E-state index contributed by atoms with van der Waals surface area (Å²) in [4.78, 5) is 17.3. The number of carbonyl (C=O) groups is 1. The number of benzene rings is 1. The van der Waals surface area contributed by atoms with Gasteiger partial charge in [0.05, 0.1) is 5.60 Å². The molecule has 24 heavy (non-hydrogen) atoms. The van der Waals surface area contributed by atoms with Crippen LogP contribution in [-0.4, -0.2) is 64.6 Å². The molecule has 1 aliphatic heterocycles. The van der Waals surface area contributed by atoms with Gasteiger partial charge in [-0.05, 0) is 18.4 Å². The van der Waals surface area contributed by atoms with E-state index < -0.39 is 5.60 Å². The smallest absolute Gasteiger partial charge is 0.244 e. The third-order valence-electron chi connectivity index (χ3n) is 5.20. The van der Waals surface area contributed by atoms with E-state index in [4.69, 9.17) is 0 Å². The SMILES string of the molecule is CN(CC1(O)CCCC1)C(=O)C(c1ccccc1)N1CCSCC1. The topological polar surface area (TPSA) is 43.8 Å². The molecule has 1 aromatic carbocycles. The number of nitrogens with zero attached hydrogens (tertiary/aromatic N) is 2. The zero-order chi connectivity index (χ0) is 17.0. The van der Waals surface area contributed by atoms with Crippen molar-refractivity contribution in [3.05, 3.63) is 35.9 Å². The Hall–Kier alpha value is -1.04. The Labute approximate surface area is 149 Å². The van der Waals surface area contributed by atoms with Crippen molar-refractivity contribution in [3.8, 4) is 0 Å². The number of likely N-dealkylation sites (N-methyl/N-ethyl adjacent to an activating group) is 1. The number of rotatable bonds is 5. The third kappa shape index (κ3) is 4.13. The Morgan fingerprint density at radius 2 is 1.88 bits per heavy atom. The summed E-state index contributed by atoms with van der Waals surface area (Å²) in [6.07, 6.45) is 3.73. The molecule has 4 nitrogen and oxygen atoms in total. The van der Waals surface area contributed by atoms with Crippen LogP contribution < -0.4 is 0 Å². The summed E-state index contributed by atoms with van der Waals surface area (Å²) < 4.78 is 0. The highest BCUT2D eigenvalue weighted by atomic mass is 32.2. The van der Waals surface area contributed by atoms with Crippen molar-refractivity contribution in [1.29, 1.82) is 0 Å². The van der Waals surface area contributed by atoms with E-state index >= 15 is 0 Å². The number of thioether (sulfide) groups is 1. The van der Waals surface area contributed by atoms with Crippen LogP contribution in [0.15, 0.2) is 30.3 Å². The van der Waals surface area contributed by atoms with Crippen molar-refractivity contribution in [2.24, 2.45) is 0 Å². The molecule has 0 spiro atoms. The first-order valence-electron chi connectivity index (χ1n) is 8.93. The minimum Gasteiger partial charge on any atom is -0.388 e. The molecule has 132 valence electrons. The van der Waals surface area contributed by atoms with Gasteiger partial charge in [-0.15, -0.1) is 0 Å². The molecule has 1 heterocycles. The first-order valence-corrected chi connectivity index (χ1v) is 10.1. The Morgan fingerprint density at radius 1 is 1.25 bits per heavy atom. The van der Waals surface area contributed by atoms with Crippen LogP contribution in [0.5, 0.6) is 0 Å². The van der Waals surface area contributed by atoms with Gasteiger partial charge in [0.25, 0.3) is 0 Å². The summed E-state index contributed by atoms with van der Waals surface area (Å²) in [7, 11) is 1.84. The number of amides is 1. The summed E-state index contributed by atoms with van der Waals surface area (Å²) in [5.41, 5.74) is 0.364. The van der Waals surface area contributed by atoms with Crippen molar-refractivity contribution in [3.63, 3.8) is 0 Å². The molecule has 0 aromatic heterocycles. The molecule has 0 bridgehead atoms. The maximum Gasteiger partial charge on any atom is 0.244 e. The van der Waals surface area contributed by atoms with E-state index in [1.165, 1.54) is 0 Å². The lowest BCUT2D eigenvalue weighted by molar-refractivity contribution is -0.139. The second kappa shape index (κ2) is 7.89. The van der Waals surface area contributed by atoms with Crippen LogP contribution in [0, 0.1) is 0 Å². The van der Waals surface area contributed by atoms with E-state index in [2.05, 4.69) is 4.90 Å². The number of carbonyl (C=O) groups excluding carboxylic acids is 1. The fourth-order valence-electron chi connectivity index (χ4n) is 3.90. The number of hydrogen-bond acceptors (Lipinski definition) is 4. The van der Waals surface area contributed by atoms with Gasteiger partial charge in [0.2, 0.25) is 5.91 Å².